The molecule has 2 aliphatic rings. The maximum atomic E-state index is 13.0. The molecule has 1 aliphatic heterocycles. The molecular formula is C23H30N2O7S. The second-order valence-electron chi connectivity index (χ2n) is 7.88. The fourth-order valence-corrected chi connectivity index (χ4v) is 5.08. The highest BCUT2D eigenvalue weighted by Crippen LogP contribution is 2.42. The number of carbonyl (C=O) groups excluding carboxylic acids is 1. The molecule has 1 aromatic rings. The lowest BCUT2D eigenvalue weighted by Crippen LogP contribution is -2.38. The molecule has 2 N–H and O–H groups in total. The highest BCUT2D eigenvalue weighted by molar-refractivity contribution is 7.89. The molecule has 0 bridgehead atoms. The number of carbonyl (C=O) groups is 1. The third-order valence-corrected chi connectivity index (χ3v) is 7.49. The van der Waals surface area contributed by atoms with Gasteiger partial charge in [0.2, 0.25) is 16.3 Å². The van der Waals surface area contributed by atoms with E-state index in [-0.39, 0.29) is 49.4 Å². The number of allylic oxidation sites excluding steroid dienone is 1. The molecule has 0 unspecified atom stereocenters. The van der Waals surface area contributed by atoms with E-state index in [1.807, 2.05) is 6.08 Å². The van der Waals surface area contributed by atoms with Crippen LogP contribution in [0.5, 0.6) is 5.75 Å². The largest absolute Gasteiger partial charge is 0.497 e. The van der Waals surface area contributed by atoms with E-state index in [1.54, 1.807) is 12.1 Å². The summed E-state index contributed by atoms with van der Waals surface area (Å²) in [7, 11) is -2.34. The molecule has 33 heavy (non-hydrogen) atoms. The Morgan fingerprint density at radius 3 is 2.64 bits per heavy atom. The summed E-state index contributed by atoms with van der Waals surface area (Å²) in [5.41, 5.74) is 0. The van der Waals surface area contributed by atoms with Crippen molar-refractivity contribution >= 4 is 15.9 Å². The van der Waals surface area contributed by atoms with E-state index in [4.69, 9.17) is 20.6 Å². The summed E-state index contributed by atoms with van der Waals surface area (Å²) < 4.78 is 43.8. The molecule has 0 saturated heterocycles. The first-order chi connectivity index (χ1) is 15.9. The number of methoxy groups -OCH3 is 1. The third-order valence-electron chi connectivity index (χ3n) is 5.58. The number of sulfonamides is 1. The van der Waals surface area contributed by atoms with Crippen LogP contribution in [0.4, 0.5) is 0 Å². The minimum atomic E-state index is -3.84. The number of hydrogen-bond donors (Lipinski definition) is 2. The topological polar surface area (TPSA) is 114 Å². The van der Waals surface area contributed by atoms with Gasteiger partial charge in [-0.25, -0.2) is 8.42 Å². The van der Waals surface area contributed by atoms with Gasteiger partial charge in [-0.1, -0.05) is 5.92 Å². The van der Waals surface area contributed by atoms with Gasteiger partial charge in [-0.3, -0.25) is 4.79 Å². The predicted octanol–water partition coefficient (Wildman–Crippen LogP) is 1.10. The molecule has 10 heteroatoms. The summed E-state index contributed by atoms with van der Waals surface area (Å²) in [6.45, 7) is -0.255. The quantitative estimate of drug-likeness (QED) is 0.433. The standard InChI is InChI=1S/C23H30N2O7S/c1-3-10-24-23(27)21-15-18(17-4-5-17)16-22(32-21)31-14-12-25(11-13-26)33(28,29)20-8-6-19(30-2)7-9-20/h1,6-9,15,17-18,22,26H,4-5,10-14,16H2,2H3,(H,24,27)/t18-,22+/m1/s1. The first kappa shape index (κ1) is 25.1. The number of nitrogens with one attached hydrogen (secondary N) is 1. The zero-order valence-corrected chi connectivity index (χ0v) is 19.4. The van der Waals surface area contributed by atoms with Crippen molar-refractivity contribution in [2.75, 3.05) is 40.0 Å². The Labute approximate surface area is 194 Å². The summed E-state index contributed by atoms with van der Waals surface area (Å²) in [4.78, 5) is 12.4. The molecule has 3 rings (SSSR count). The number of ether oxygens (including phenoxy) is 3. The lowest BCUT2D eigenvalue weighted by molar-refractivity contribution is -0.149. The normalized spacial score (nSPS) is 20.5. The van der Waals surface area contributed by atoms with Gasteiger partial charge < -0.3 is 24.6 Å². The fraction of sp³-hybridized carbons (Fsp3) is 0.522. The van der Waals surface area contributed by atoms with E-state index in [0.29, 0.717) is 18.1 Å². The lowest BCUT2D eigenvalue weighted by atomic mass is 9.96. The molecule has 0 radical (unpaired) electrons. The Kier molecular flexibility index (Phi) is 8.74. The van der Waals surface area contributed by atoms with Crippen LogP contribution in [-0.2, 0) is 24.3 Å². The average molecular weight is 479 g/mol. The summed E-state index contributed by atoms with van der Waals surface area (Å²) in [6, 6.07) is 6.03. The lowest BCUT2D eigenvalue weighted by Gasteiger charge is -2.30. The molecule has 0 spiro atoms. The number of hydrogen-bond acceptors (Lipinski definition) is 7. The average Bonchev–Trinajstić information content (AvgIpc) is 3.67. The Morgan fingerprint density at radius 2 is 2.03 bits per heavy atom. The third kappa shape index (κ3) is 6.71. The van der Waals surface area contributed by atoms with Crippen LogP contribution in [0.25, 0.3) is 0 Å². The van der Waals surface area contributed by atoms with E-state index in [9.17, 15) is 18.3 Å². The smallest absolute Gasteiger partial charge is 0.286 e. The summed E-state index contributed by atoms with van der Waals surface area (Å²) in [5.74, 6) is 3.34. The Bertz CT molecular complexity index is 981. The van der Waals surface area contributed by atoms with Gasteiger partial charge in [0.15, 0.2) is 5.76 Å². The number of amides is 1. The van der Waals surface area contributed by atoms with Gasteiger partial charge in [-0.15, -0.1) is 6.42 Å². The summed E-state index contributed by atoms with van der Waals surface area (Å²) in [5, 5.41) is 12.0. The number of aliphatic hydroxyl groups excluding tert-OH is 1. The van der Waals surface area contributed by atoms with Crippen molar-refractivity contribution < 1.29 is 32.5 Å². The maximum Gasteiger partial charge on any atom is 0.286 e. The molecule has 180 valence electrons. The van der Waals surface area contributed by atoms with Crippen LogP contribution in [0, 0.1) is 24.2 Å². The van der Waals surface area contributed by atoms with E-state index in [2.05, 4.69) is 11.2 Å². The molecule has 0 aromatic heterocycles. The monoisotopic (exact) mass is 478 g/mol. The van der Waals surface area contributed by atoms with Gasteiger partial charge in [-0.2, -0.15) is 4.31 Å². The molecule has 9 nitrogen and oxygen atoms in total. The summed E-state index contributed by atoms with van der Waals surface area (Å²) >= 11 is 0. The summed E-state index contributed by atoms with van der Waals surface area (Å²) in [6.07, 6.45) is 9.13. The number of terminal acetylenes is 1. The van der Waals surface area contributed by atoms with Crippen molar-refractivity contribution in [2.24, 2.45) is 11.8 Å². The Hall–Kier alpha value is -2.58. The maximum absolute atomic E-state index is 13.0. The van der Waals surface area contributed by atoms with Gasteiger partial charge >= 0.3 is 0 Å². The zero-order valence-electron chi connectivity index (χ0n) is 18.6. The van der Waals surface area contributed by atoms with E-state index in [1.165, 1.54) is 19.2 Å². The van der Waals surface area contributed by atoms with Crippen LogP contribution < -0.4 is 10.1 Å². The number of benzene rings is 1. The van der Waals surface area contributed by atoms with Gasteiger partial charge in [0, 0.05) is 19.5 Å². The Balaban J connectivity index is 1.61. The fourth-order valence-electron chi connectivity index (χ4n) is 3.66. The first-order valence-corrected chi connectivity index (χ1v) is 12.3. The van der Waals surface area contributed by atoms with Gasteiger partial charge in [-0.05, 0) is 55.0 Å². The first-order valence-electron chi connectivity index (χ1n) is 10.9. The van der Waals surface area contributed by atoms with Crippen molar-refractivity contribution in [1.29, 1.82) is 0 Å². The van der Waals surface area contributed by atoms with Crippen LogP contribution in [-0.4, -0.2) is 70.0 Å². The van der Waals surface area contributed by atoms with Crippen molar-refractivity contribution in [1.82, 2.24) is 9.62 Å². The predicted molar refractivity (Wildman–Crippen MR) is 120 cm³/mol. The molecule has 1 aliphatic carbocycles. The van der Waals surface area contributed by atoms with Crippen LogP contribution >= 0.6 is 0 Å². The van der Waals surface area contributed by atoms with Crippen LogP contribution in [0.3, 0.4) is 0 Å². The van der Waals surface area contributed by atoms with Crippen molar-refractivity contribution in [3.63, 3.8) is 0 Å². The van der Waals surface area contributed by atoms with Crippen LogP contribution in [0.2, 0.25) is 0 Å². The van der Waals surface area contributed by atoms with Gasteiger partial charge in [0.25, 0.3) is 5.91 Å². The molecule has 1 fully saturated rings. The highest BCUT2D eigenvalue weighted by Gasteiger charge is 2.37. The Morgan fingerprint density at radius 1 is 1.30 bits per heavy atom. The minimum absolute atomic E-state index is 0.0191. The molecular weight excluding hydrogens is 448 g/mol. The van der Waals surface area contributed by atoms with Crippen molar-refractivity contribution in [2.45, 2.75) is 30.4 Å². The molecule has 1 amide bonds. The van der Waals surface area contributed by atoms with Crippen molar-refractivity contribution in [3.8, 4) is 18.1 Å². The van der Waals surface area contributed by atoms with Gasteiger partial charge in [0.1, 0.15) is 5.75 Å². The highest BCUT2D eigenvalue weighted by atomic mass is 32.2. The van der Waals surface area contributed by atoms with Gasteiger partial charge in [0.05, 0.1) is 31.8 Å². The molecule has 1 heterocycles. The SMILES string of the molecule is C#CCNC(=O)C1=C[C@@H](C2CC2)C[C@@H](OCCN(CCO)S(=O)(=O)c2ccc(OC)cc2)O1. The second kappa shape index (κ2) is 11.5. The molecule has 1 aromatic carbocycles. The van der Waals surface area contributed by atoms with E-state index >= 15 is 0 Å². The van der Waals surface area contributed by atoms with E-state index in [0.717, 1.165) is 17.1 Å². The molecule has 2 atom stereocenters. The number of nitrogens with zero attached hydrogens (tertiary/aromatic N) is 1. The van der Waals surface area contributed by atoms with Crippen molar-refractivity contribution in [3.05, 3.63) is 36.1 Å². The van der Waals surface area contributed by atoms with Crippen LogP contribution in [0.1, 0.15) is 19.3 Å². The number of aliphatic hydroxyl groups is 1. The zero-order chi connectivity index (χ0) is 23.8. The van der Waals surface area contributed by atoms with E-state index < -0.39 is 22.2 Å². The minimum Gasteiger partial charge on any atom is -0.497 e. The second-order valence-corrected chi connectivity index (χ2v) is 9.81. The number of rotatable bonds is 12. The molecule has 1 saturated carbocycles. The van der Waals surface area contributed by atoms with Crippen LogP contribution in [0.15, 0.2) is 41.0 Å².